The average Bonchev–Trinajstić information content (AvgIpc) is 3.43. The van der Waals surface area contributed by atoms with E-state index < -0.39 is 0 Å². The molecule has 1 fully saturated rings. The van der Waals surface area contributed by atoms with Gasteiger partial charge in [0.15, 0.2) is 0 Å². The van der Waals surface area contributed by atoms with Crippen LogP contribution in [0.5, 0.6) is 0 Å². The number of rotatable bonds is 3. The standard InChI is InChI=1S/C24H23N7/c1-30-7-9-31(10-8-30)23-4-2-3-20-18(23)12-22(27-20)24-19-11-16(5-6-21(19)28-29-24)17-13-25-15-26-14-17/h2-6,11-15,27H,7-10H2,1H3,(H,28,29). The predicted molar refractivity (Wildman–Crippen MR) is 124 cm³/mol. The molecule has 1 aliphatic heterocycles. The zero-order valence-electron chi connectivity index (χ0n) is 17.3. The van der Waals surface area contributed by atoms with Gasteiger partial charge in [-0.05, 0) is 42.9 Å². The fourth-order valence-corrected chi connectivity index (χ4v) is 4.44. The first-order valence-corrected chi connectivity index (χ1v) is 10.6. The Morgan fingerprint density at radius 1 is 0.839 bits per heavy atom. The van der Waals surface area contributed by atoms with Crippen molar-refractivity contribution in [3.05, 3.63) is 61.2 Å². The van der Waals surface area contributed by atoms with E-state index in [0.29, 0.717) is 0 Å². The van der Waals surface area contributed by atoms with Crippen molar-refractivity contribution in [2.45, 2.75) is 0 Å². The molecule has 2 aromatic carbocycles. The molecule has 31 heavy (non-hydrogen) atoms. The quantitative estimate of drug-likeness (QED) is 0.472. The number of aromatic amines is 2. The zero-order valence-corrected chi connectivity index (χ0v) is 17.3. The Labute approximate surface area is 179 Å². The minimum absolute atomic E-state index is 0.925. The van der Waals surface area contributed by atoms with Crippen molar-refractivity contribution in [1.29, 1.82) is 0 Å². The number of likely N-dealkylation sites (N-methyl/N-ethyl adjacent to an activating group) is 1. The van der Waals surface area contributed by atoms with Crippen molar-refractivity contribution in [3.63, 3.8) is 0 Å². The number of H-pyrrole nitrogens is 2. The van der Waals surface area contributed by atoms with E-state index in [1.807, 2.05) is 12.4 Å². The Hall–Kier alpha value is -3.71. The third-order valence-corrected chi connectivity index (χ3v) is 6.20. The first kappa shape index (κ1) is 18.1. The SMILES string of the molecule is CN1CCN(c2cccc3[nH]c(-c4n[nH]c5ccc(-c6cncnc6)cc45)cc23)CC1. The van der Waals surface area contributed by atoms with Crippen molar-refractivity contribution in [2.75, 3.05) is 38.1 Å². The lowest BCUT2D eigenvalue weighted by molar-refractivity contribution is 0.313. The Kier molecular flexibility index (Phi) is 4.21. The van der Waals surface area contributed by atoms with Crippen molar-refractivity contribution >= 4 is 27.5 Å². The molecule has 0 aliphatic carbocycles. The summed E-state index contributed by atoms with van der Waals surface area (Å²) >= 11 is 0. The molecule has 5 aromatic rings. The number of piperazine rings is 1. The van der Waals surface area contributed by atoms with Gasteiger partial charge in [-0.3, -0.25) is 5.10 Å². The van der Waals surface area contributed by atoms with Gasteiger partial charge in [-0.15, -0.1) is 0 Å². The second-order valence-corrected chi connectivity index (χ2v) is 8.17. The van der Waals surface area contributed by atoms with Crippen LogP contribution in [0.25, 0.3) is 44.3 Å². The number of aromatic nitrogens is 5. The van der Waals surface area contributed by atoms with Crippen LogP contribution in [0.1, 0.15) is 0 Å². The first-order valence-electron chi connectivity index (χ1n) is 10.6. The molecule has 0 spiro atoms. The van der Waals surface area contributed by atoms with Crippen molar-refractivity contribution in [2.24, 2.45) is 0 Å². The van der Waals surface area contributed by atoms with Crippen molar-refractivity contribution < 1.29 is 0 Å². The summed E-state index contributed by atoms with van der Waals surface area (Å²) < 4.78 is 0. The molecule has 4 heterocycles. The fourth-order valence-electron chi connectivity index (χ4n) is 4.44. The summed E-state index contributed by atoms with van der Waals surface area (Å²) in [6.45, 7) is 4.27. The maximum atomic E-state index is 4.64. The van der Waals surface area contributed by atoms with Crippen LogP contribution >= 0.6 is 0 Å². The largest absolute Gasteiger partial charge is 0.368 e. The molecular weight excluding hydrogens is 386 g/mol. The summed E-state index contributed by atoms with van der Waals surface area (Å²) in [7, 11) is 2.19. The number of hydrogen-bond acceptors (Lipinski definition) is 5. The molecular formula is C24H23N7. The average molecular weight is 409 g/mol. The minimum Gasteiger partial charge on any atom is -0.368 e. The van der Waals surface area contributed by atoms with Crippen LogP contribution in [0.3, 0.4) is 0 Å². The number of nitrogens with one attached hydrogen (secondary N) is 2. The van der Waals surface area contributed by atoms with E-state index in [2.05, 4.69) is 84.5 Å². The minimum atomic E-state index is 0.925. The van der Waals surface area contributed by atoms with Crippen LogP contribution in [0.4, 0.5) is 5.69 Å². The fraction of sp³-hybridized carbons (Fsp3) is 0.208. The van der Waals surface area contributed by atoms with Crippen molar-refractivity contribution in [3.8, 4) is 22.5 Å². The van der Waals surface area contributed by atoms with E-state index in [1.165, 1.54) is 11.1 Å². The van der Waals surface area contributed by atoms with Crippen LogP contribution in [-0.4, -0.2) is 63.3 Å². The lowest BCUT2D eigenvalue weighted by Gasteiger charge is -2.34. The van der Waals surface area contributed by atoms with Gasteiger partial charge in [-0.1, -0.05) is 12.1 Å². The Morgan fingerprint density at radius 2 is 1.68 bits per heavy atom. The molecule has 2 N–H and O–H groups in total. The lowest BCUT2D eigenvalue weighted by atomic mass is 10.0. The van der Waals surface area contributed by atoms with E-state index in [0.717, 1.165) is 65.1 Å². The van der Waals surface area contributed by atoms with Crippen molar-refractivity contribution in [1.82, 2.24) is 30.0 Å². The number of benzene rings is 2. The molecule has 7 heteroatoms. The Balaban J connectivity index is 1.44. The number of hydrogen-bond donors (Lipinski definition) is 2. The van der Waals surface area contributed by atoms with Gasteiger partial charge in [-0.2, -0.15) is 5.10 Å². The monoisotopic (exact) mass is 409 g/mol. The van der Waals surface area contributed by atoms with Gasteiger partial charge in [0.1, 0.15) is 12.0 Å². The molecule has 7 nitrogen and oxygen atoms in total. The summed E-state index contributed by atoms with van der Waals surface area (Å²) in [5, 5.41) is 10.1. The van der Waals surface area contributed by atoms with Crippen LogP contribution in [0.2, 0.25) is 0 Å². The third-order valence-electron chi connectivity index (χ3n) is 6.20. The van der Waals surface area contributed by atoms with Gasteiger partial charge in [0.2, 0.25) is 0 Å². The van der Waals surface area contributed by atoms with E-state index in [1.54, 1.807) is 6.33 Å². The molecule has 3 aromatic heterocycles. The molecule has 0 bridgehead atoms. The molecule has 1 aliphatic rings. The summed E-state index contributed by atoms with van der Waals surface area (Å²) in [5.74, 6) is 0. The topological polar surface area (TPSA) is 76.7 Å². The van der Waals surface area contributed by atoms with Crippen LogP contribution in [-0.2, 0) is 0 Å². The van der Waals surface area contributed by atoms with Gasteiger partial charge >= 0.3 is 0 Å². The smallest absolute Gasteiger partial charge is 0.116 e. The predicted octanol–water partition coefficient (Wildman–Crippen LogP) is 3.92. The molecule has 6 rings (SSSR count). The number of anilines is 1. The number of nitrogens with zero attached hydrogens (tertiary/aromatic N) is 5. The Bertz CT molecular complexity index is 1360. The van der Waals surface area contributed by atoms with Crippen LogP contribution < -0.4 is 4.90 Å². The van der Waals surface area contributed by atoms with Gasteiger partial charge in [0.05, 0.1) is 11.2 Å². The highest BCUT2D eigenvalue weighted by Gasteiger charge is 2.18. The second-order valence-electron chi connectivity index (χ2n) is 8.17. The molecule has 1 saturated heterocycles. The normalized spacial score (nSPS) is 15.2. The van der Waals surface area contributed by atoms with Gasteiger partial charge in [0, 0.05) is 66.1 Å². The maximum Gasteiger partial charge on any atom is 0.116 e. The van der Waals surface area contributed by atoms with E-state index in [-0.39, 0.29) is 0 Å². The zero-order chi connectivity index (χ0) is 20.8. The summed E-state index contributed by atoms with van der Waals surface area (Å²) in [4.78, 5) is 16.8. The summed E-state index contributed by atoms with van der Waals surface area (Å²) in [6.07, 6.45) is 5.21. The Morgan fingerprint density at radius 3 is 2.52 bits per heavy atom. The highest BCUT2D eigenvalue weighted by Crippen LogP contribution is 2.34. The summed E-state index contributed by atoms with van der Waals surface area (Å²) in [6, 6.07) is 15.0. The molecule has 0 amide bonds. The van der Waals surface area contributed by atoms with E-state index in [4.69, 9.17) is 0 Å². The highest BCUT2D eigenvalue weighted by atomic mass is 15.2. The van der Waals surface area contributed by atoms with E-state index >= 15 is 0 Å². The third kappa shape index (κ3) is 3.14. The number of fused-ring (bicyclic) bond motifs is 2. The molecule has 0 unspecified atom stereocenters. The second kappa shape index (κ2) is 7.21. The van der Waals surface area contributed by atoms with Gasteiger partial charge in [-0.25, -0.2) is 9.97 Å². The van der Waals surface area contributed by atoms with Crippen LogP contribution in [0, 0.1) is 0 Å². The molecule has 154 valence electrons. The van der Waals surface area contributed by atoms with Crippen LogP contribution in [0.15, 0.2) is 61.2 Å². The lowest BCUT2D eigenvalue weighted by Crippen LogP contribution is -2.44. The molecule has 0 radical (unpaired) electrons. The maximum absolute atomic E-state index is 4.64. The van der Waals surface area contributed by atoms with Gasteiger partial charge in [0.25, 0.3) is 0 Å². The molecule has 0 atom stereocenters. The van der Waals surface area contributed by atoms with Gasteiger partial charge < -0.3 is 14.8 Å². The van der Waals surface area contributed by atoms with E-state index in [9.17, 15) is 0 Å². The first-order chi connectivity index (χ1) is 15.3. The molecule has 0 saturated carbocycles. The summed E-state index contributed by atoms with van der Waals surface area (Å²) in [5.41, 5.74) is 7.44. The highest BCUT2D eigenvalue weighted by molar-refractivity contribution is 6.00.